The van der Waals surface area contributed by atoms with Gasteiger partial charge in [0.25, 0.3) is 0 Å². The summed E-state index contributed by atoms with van der Waals surface area (Å²) < 4.78 is 10.9. The second kappa shape index (κ2) is 3.76. The van der Waals surface area contributed by atoms with Crippen molar-refractivity contribution >= 4 is 5.78 Å². The molecule has 1 saturated heterocycles. The van der Waals surface area contributed by atoms with Gasteiger partial charge in [0.1, 0.15) is 5.78 Å². The third-order valence-electron chi connectivity index (χ3n) is 3.04. The van der Waals surface area contributed by atoms with Crippen LogP contribution in [0.25, 0.3) is 0 Å². The van der Waals surface area contributed by atoms with Crippen LogP contribution in [-0.4, -0.2) is 25.3 Å². The molecule has 2 aliphatic rings. The molecular formula is C10H16O3. The number of hydrogen-bond donors (Lipinski definition) is 0. The highest BCUT2D eigenvalue weighted by atomic mass is 16.7. The Morgan fingerprint density at radius 1 is 1.62 bits per heavy atom. The highest BCUT2D eigenvalue weighted by molar-refractivity contribution is 5.83. The molecule has 0 N–H and O–H groups in total. The van der Waals surface area contributed by atoms with Gasteiger partial charge in [0.05, 0.1) is 6.61 Å². The Hall–Kier alpha value is -0.410. The van der Waals surface area contributed by atoms with Gasteiger partial charge in [-0.3, -0.25) is 4.79 Å². The Morgan fingerprint density at radius 3 is 3.23 bits per heavy atom. The molecule has 2 fully saturated rings. The molecule has 0 bridgehead atoms. The van der Waals surface area contributed by atoms with Crippen LogP contribution < -0.4 is 0 Å². The van der Waals surface area contributed by atoms with Crippen molar-refractivity contribution in [3.05, 3.63) is 0 Å². The van der Waals surface area contributed by atoms with Gasteiger partial charge in [-0.2, -0.15) is 0 Å². The van der Waals surface area contributed by atoms with Crippen molar-refractivity contribution in [2.24, 2.45) is 11.8 Å². The van der Waals surface area contributed by atoms with E-state index in [0.717, 1.165) is 19.3 Å². The SMILES string of the molecule is CCOC1C[C@H]2C(=O)CC[C@H]2CO1. The van der Waals surface area contributed by atoms with Gasteiger partial charge < -0.3 is 9.47 Å². The lowest BCUT2D eigenvalue weighted by atomic mass is 9.91. The van der Waals surface area contributed by atoms with Gasteiger partial charge in [-0.1, -0.05) is 0 Å². The normalized spacial score (nSPS) is 39.2. The Bertz CT molecular complexity index is 202. The first kappa shape index (κ1) is 9.16. The van der Waals surface area contributed by atoms with Gasteiger partial charge >= 0.3 is 0 Å². The third kappa shape index (κ3) is 1.76. The van der Waals surface area contributed by atoms with Gasteiger partial charge in [0, 0.05) is 25.4 Å². The number of ketones is 1. The van der Waals surface area contributed by atoms with E-state index in [2.05, 4.69) is 0 Å². The minimum absolute atomic E-state index is 0.131. The molecule has 0 spiro atoms. The molecule has 3 heteroatoms. The van der Waals surface area contributed by atoms with Gasteiger partial charge in [0.15, 0.2) is 6.29 Å². The molecule has 0 aromatic carbocycles. The van der Waals surface area contributed by atoms with Crippen LogP contribution in [0.15, 0.2) is 0 Å². The second-order valence-corrected chi connectivity index (χ2v) is 3.83. The molecule has 74 valence electrons. The van der Waals surface area contributed by atoms with Crippen LogP contribution in [-0.2, 0) is 14.3 Å². The fraction of sp³-hybridized carbons (Fsp3) is 0.900. The van der Waals surface area contributed by atoms with Gasteiger partial charge in [-0.15, -0.1) is 0 Å². The highest BCUT2D eigenvalue weighted by Crippen LogP contribution is 2.36. The van der Waals surface area contributed by atoms with E-state index in [0.29, 0.717) is 24.9 Å². The zero-order valence-electron chi connectivity index (χ0n) is 7.99. The summed E-state index contributed by atoms with van der Waals surface area (Å²) in [5, 5.41) is 0. The highest BCUT2D eigenvalue weighted by Gasteiger charge is 2.40. The first-order valence-corrected chi connectivity index (χ1v) is 5.07. The van der Waals surface area contributed by atoms with Crippen LogP contribution in [0, 0.1) is 11.8 Å². The average Bonchev–Trinajstić information content (AvgIpc) is 2.49. The number of fused-ring (bicyclic) bond motifs is 1. The molecule has 0 radical (unpaired) electrons. The summed E-state index contributed by atoms with van der Waals surface area (Å²) in [6.45, 7) is 3.32. The zero-order chi connectivity index (χ0) is 9.26. The minimum atomic E-state index is -0.131. The second-order valence-electron chi connectivity index (χ2n) is 3.83. The maximum Gasteiger partial charge on any atom is 0.158 e. The first-order chi connectivity index (χ1) is 6.31. The fourth-order valence-corrected chi connectivity index (χ4v) is 2.31. The van der Waals surface area contributed by atoms with E-state index in [9.17, 15) is 4.79 Å². The molecule has 0 amide bonds. The van der Waals surface area contributed by atoms with E-state index in [1.807, 2.05) is 6.92 Å². The number of Topliss-reactive ketones (excluding diaryl/α,β-unsaturated/α-hetero) is 1. The molecule has 1 heterocycles. The van der Waals surface area contributed by atoms with Crippen LogP contribution in [0.4, 0.5) is 0 Å². The van der Waals surface area contributed by atoms with E-state index in [-0.39, 0.29) is 12.2 Å². The maximum atomic E-state index is 11.4. The molecule has 1 aliphatic heterocycles. The Balaban J connectivity index is 1.94. The zero-order valence-corrected chi connectivity index (χ0v) is 7.99. The molecule has 1 aliphatic carbocycles. The van der Waals surface area contributed by atoms with E-state index >= 15 is 0 Å². The number of rotatable bonds is 2. The van der Waals surface area contributed by atoms with Crippen molar-refractivity contribution in [2.75, 3.05) is 13.2 Å². The predicted octanol–water partition coefficient (Wildman–Crippen LogP) is 1.36. The summed E-state index contributed by atoms with van der Waals surface area (Å²) >= 11 is 0. The standard InChI is InChI=1S/C10H16O3/c1-2-12-10-5-8-7(6-13-10)3-4-9(8)11/h7-8,10H,2-6H2,1H3/t7-,8+,10?/m0/s1. The molecular weight excluding hydrogens is 168 g/mol. The predicted molar refractivity (Wildman–Crippen MR) is 47.2 cm³/mol. The smallest absolute Gasteiger partial charge is 0.158 e. The third-order valence-corrected chi connectivity index (χ3v) is 3.04. The Labute approximate surface area is 78.4 Å². The molecule has 13 heavy (non-hydrogen) atoms. The number of carbonyl (C=O) groups is 1. The average molecular weight is 184 g/mol. The summed E-state index contributed by atoms with van der Waals surface area (Å²) in [6.07, 6.45) is 2.41. The van der Waals surface area contributed by atoms with Crippen molar-refractivity contribution in [3.8, 4) is 0 Å². The monoisotopic (exact) mass is 184 g/mol. The first-order valence-electron chi connectivity index (χ1n) is 5.07. The number of ether oxygens (including phenoxy) is 2. The van der Waals surface area contributed by atoms with Gasteiger partial charge in [-0.05, 0) is 19.3 Å². The van der Waals surface area contributed by atoms with Crippen LogP contribution >= 0.6 is 0 Å². The summed E-state index contributed by atoms with van der Waals surface area (Å²) in [5.74, 6) is 1.12. The maximum absolute atomic E-state index is 11.4. The van der Waals surface area contributed by atoms with E-state index in [1.54, 1.807) is 0 Å². The van der Waals surface area contributed by atoms with Gasteiger partial charge in [-0.25, -0.2) is 0 Å². The lowest BCUT2D eigenvalue weighted by molar-refractivity contribution is -0.185. The Morgan fingerprint density at radius 2 is 2.46 bits per heavy atom. The molecule has 3 atom stereocenters. The van der Waals surface area contributed by atoms with Gasteiger partial charge in [0.2, 0.25) is 0 Å². The fourth-order valence-electron chi connectivity index (χ4n) is 2.31. The van der Waals surface area contributed by atoms with Crippen molar-refractivity contribution in [1.82, 2.24) is 0 Å². The van der Waals surface area contributed by atoms with Crippen molar-refractivity contribution in [2.45, 2.75) is 32.5 Å². The largest absolute Gasteiger partial charge is 0.353 e. The van der Waals surface area contributed by atoms with Crippen LogP contribution in [0.1, 0.15) is 26.2 Å². The summed E-state index contributed by atoms with van der Waals surface area (Å²) in [7, 11) is 0. The van der Waals surface area contributed by atoms with Crippen molar-refractivity contribution in [1.29, 1.82) is 0 Å². The van der Waals surface area contributed by atoms with Crippen LogP contribution in [0.3, 0.4) is 0 Å². The van der Waals surface area contributed by atoms with Crippen molar-refractivity contribution in [3.63, 3.8) is 0 Å². The number of hydrogen-bond acceptors (Lipinski definition) is 3. The van der Waals surface area contributed by atoms with Crippen LogP contribution in [0.2, 0.25) is 0 Å². The molecule has 0 aromatic rings. The summed E-state index contributed by atoms with van der Waals surface area (Å²) in [4.78, 5) is 11.4. The van der Waals surface area contributed by atoms with Crippen LogP contribution in [0.5, 0.6) is 0 Å². The molecule has 3 nitrogen and oxygen atoms in total. The molecule has 0 aromatic heterocycles. The lowest BCUT2D eigenvalue weighted by Crippen LogP contribution is -2.34. The number of carbonyl (C=O) groups excluding carboxylic acids is 1. The molecule has 1 unspecified atom stereocenters. The summed E-state index contributed by atoms with van der Waals surface area (Å²) in [5.41, 5.74) is 0. The molecule has 2 rings (SSSR count). The quantitative estimate of drug-likeness (QED) is 0.650. The van der Waals surface area contributed by atoms with E-state index in [4.69, 9.17) is 9.47 Å². The summed E-state index contributed by atoms with van der Waals surface area (Å²) in [6, 6.07) is 0. The van der Waals surface area contributed by atoms with E-state index in [1.165, 1.54) is 0 Å². The Kier molecular flexibility index (Phi) is 2.65. The topological polar surface area (TPSA) is 35.5 Å². The van der Waals surface area contributed by atoms with Crippen molar-refractivity contribution < 1.29 is 14.3 Å². The lowest BCUT2D eigenvalue weighted by Gasteiger charge is -2.30. The molecule has 1 saturated carbocycles. The van der Waals surface area contributed by atoms with E-state index < -0.39 is 0 Å². The minimum Gasteiger partial charge on any atom is -0.353 e.